The number of halogens is 1. The zero-order chi connectivity index (χ0) is 18.8. The third kappa shape index (κ3) is 3.83. The number of aromatic nitrogens is 2. The van der Waals surface area contributed by atoms with Crippen molar-refractivity contribution in [3.8, 4) is 0 Å². The van der Waals surface area contributed by atoms with Gasteiger partial charge >= 0.3 is 0 Å². The van der Waals surface area contributed by atoms with Crippen molar-refractivity contribution in [3.05, 3.63) is 54.1 Å². The van der Waals surface area contributed by atoms with Crippen molar-refractivity contribution in [3.63, 3.8) is 0 Å². The number of amides is 1. The summed E-state index contributed by atoms with van der Waals surface area (Å²) < 4.78 is 13.1. The molecular weight excluding hydrogens is 335 g/mol. The number of carbonyl (C=O) groups is 1. The Morgan fingerprint density at radius 3 is 2.62 bits per heavy atom. The number of nitrogens with zero attached hydrogens (tertiary/aromatic N) is 3. The minimum absolute atomic E-state index is 0.139. The van der Waals surface area contributed by atoms with Gasteiger partial charge in [-0.15, -0.1) is 0 Å². The van der Waals surface area contributed by atoms with Crippen LogP contribution in [0, 0.1) is 5.82 Å². The second-order valence-corrected chi connectivity index (χ2v) is 7.26. The molecule has 0 bridgehead atoms. The van der Waals surface area contributed by atoms with Crippen LogP contribution in [0.2, 0.25) is 0 Å². The van der Waals surface area contributed by atoms with Gasteiger partial charge in [-0.3, -0.25) is 4.79 Å². The van der Waals surface area contributed by atoms with E-state index >= 15 is 0 Å². The van der Waals surface area contributed by atoms with E-state index in [1.165, 1.54) is 12.1 Å². The van der Waals surface area contributed by atoms with Crippen molar-refractivity contribution in [1.29, 1.82) is 0 Å². The SMILES string of the molecule is CC(C)(C(=O)NC[C@@]1(O)CCN(c2ncccn2)C1)c1ccc(F)cc1. The quantitative estimate of drug-likeness (QED) is 0.850. The van der Waals surface area contributed by atoms with E-state index in [-0.39, 0.29) is 18.3 Å². The standard InChI is InChI=1S/C19H23FN4O2/c1-18(2,14-4-6-15(20)7-5-14)16(25)23-12-19(26)8-11-24(13-19)17-21-9-3-10-22-17/h3-7,9-10,26H,8,11-13H2,1-2H3,(H,23,25)/t19-/m0/s1. The first-order valence-electron chi connectivity index (χ1n) is 8.59. The molecule has 0 unspecified atom stereocenters. The molecule has 1 atom stereocenters. The van der Waals surface area contributed by atoms with E-state index in [0.717, 1.165) is 0 Å². The van der Waals surface area contributed by atoms with Gasteiger partial charge in [0.1, 0.15) is 11.4 Å². The summed E-state index contributed by atoms with van der Waals surface area (Å²) in [6.07, 6.45) is 3.84. The smallest absolute Gasteiger partial charge is 0.230 e. The van der Waals surface area contributed by atoms with Crippen LogP contribution in [0.25, 0.3) is 0 Å². The number of β-amino-alcohol motifs (C(OH)–C–C–N with tert-alkyl or cyclic N) is 1. The van der Waals surface area contributed by atoms with Crippen molar-refractivity contribution < 1.29 is 14.3 Å². The average Bonchev–Trinajstić information content (AvgIpc) is 3.03. The van der Waals surface area contributed by atoms with E-state index in [1.54, 1.807) is 44.4 Å². The Bertz CT molecular complexity index is 767. The fourth-order valence-corrected chi connectivity index (χ4v) is 3.09. The van der Waals surface area contributed by atoms with E-state index < -0.39 is 11.0 Å². The first-order valence-corrected chi connectivity index (χ1v) is 8.59. The average molecular weight is 358 g/mol. The Morgan fingerprint density at radius 2 is 1.96 bits per heavy atom. The molecule has 3 rings (SSSR count). The van der Waals surface area contributed by atoms with Crippen molar-refractivity contribution in [2.24, 2.45) is 0 Å². The molecule has 1 aromatic heterocycles. The Kier molecular flexibility index (Phi) is 4.91. The molecule has 2 aromatic rings. The molecule has 7 heteroatoms. The van der Waals surface area contributed by atoms with Gasteiger partial charge in [-0.1, -0.05) is 12.1 Å². The number of nitrogens with one attached hydrogen (secondary N) is 1. The predicted octanol–water partition coefficient (Wildman–Crippen LogP) is 1.65. The lowest BCUT2D eigenvalue weighted by Gasteiger charge is -2.28. The summed E-state index contributed by atoms with van der Waals surface area (Å²) in [6.45, 7) is 4.67. The van der Waals surface area contributed by atoms with E-state index in [4.69, 9.17) is 0 Å². The summed E-state index contributed by atoms with van der Waals surface area (Å²) in [6, 6.07) is 7.63. The van der Waals surface area contributed by atoms with Gasteiger partial charge in [0.2, 0.25) is 11.9 Å². The van der Waals surface area contributed by atoms with Crippen LogP contribution in [0.15, 0.2) is 42.7 Å². The number of aliphatic hydroxyl groups is 1. The number of rotatable bonds is 5. The zero-order valence-electron chi connectivity index (χ0n) is 14.9. The molecule has 0 aliphatic carbocycles. The number of anilines is 1. The molecule has 26 heavy (non-hydrogen) atoms. The predicted molar refractivity (Wildman–Crippen MR) is 96.2 cm³/mol. The van der Waals surface area contributed by atoms with Crippen molar-refractivity contribution in [2.45, 2.75) is 31.3 Å². The van der Waals surface area contributed by atoms with Crippen LogP contribution in [0.4, 0.5) is 10.3 Å². The van der Waals surface area contributed by atoms with Gasteiger partial charge in [0.25, 0.3) is 0 Å². The van der Waals surface area contributed by atoms with Gasteiger partial charge in [-0.25, -0.2) is 14.4 Å². The number of benzene rings is 1. The van der Waals surface area contributed by atoms with E-state index in [1.807, 2.05) is 4.90 Å². The molecule has 1 fully saturated rings. The summed E-state index contributed by atoms with van der Waals surface area (Å²) in [4.78, 5) is 22.9. The molecule has 0 radical (unpaired) electrons. The van der Waals surface area contributed by atoms with Gasteiger partial charge in [0.05, 0.1) is 12.0 Å². The van der Waals surface area contributed by atoms with E-state index in [9.17, 15) is 14.3 Å². The maximum Gasteiger partial charge on any atom is 0.230 e. The highest BCUT2D eigenvalue weighted by atomic mass is 19.1. The van der Waals surface area contributed by atoms with Crippen LogP contribution < -0.4 is 10.2 Å². The van der Waals surface area contributed by atoms with Gasteiger partial charge < -0.3 is 15.3 Å². The highest BCUT2D eigenvalue weighted by Gasteiger charge is 2.39. The lowest BCUT2D eigenvalue weighted by molar-refractivity contribution is -0.126. The Morgan fingerprint density at radius 1 is 1.31 bits per heavy atom. The maximum atomic E-state index is 13.1. The number of carbonyl (C=O) groups excluding carboxylic acids is 1. The summed E-state index contributed by atoms with van der Waals surface area (Å²) in [5, 5.41) is 13.6. The number of hydrogen-bond acceptors (Lipinski definition) is 5. The molecule has 1 aliphatic heterocycles. The fourth-order valence-electron chi connectivity index (χ4n) is 3.09. The normalized spacial score (nSPS) is 20.2. The lowest BCUT2D eigenvalue weighted by Crippen LogP contribution is -2.49. The van der Waals surface area contributed by atoms with Crippen LogP contribution in [0.5, 0.6) is 0 Å². The van der Waals surface area contributed by atoms with Gasteiger partial charge in [0, 0.05) is 25.5 Å². The second kappa shape index (κ2) is 6.99. The first kappa shape index (κ1) is 18.3. The van der Waals surface area contributed by atoms with Crippen LogP contribution >= 0.6 is 0 Å². The zero-order valence-corrected chi connectivity index (χ0v) is 14.9. The Labute approximate surface area is 152 Å². The maximum absolute atomic E-state index is 13.1. The minimum atomic E-state index is -1.03. The van der Waals surface area contributed by atoms with Crippen molar-refractivity contribution >= 4 is 11.9 Å². The third-order valence-electron chi connectivity index (χ3n) is 4.88. The summed E-state index contributed by atoms with van der Waals surface area (Å²) in [5.74, 6) is 0.0155. The molecule has 138 valence electrons. The lowest BCUT2D eigenvalue weighted by atomic mass is 9.83. The second-order valence-electron chi connectivity index (χ2n) is 7.26. The van der Waals surface area contributed by atoms with Gasteiger partial charge in [-0.05, 0) is 44.0 Å². The van der Waals surface area contributed by atoms with Crippen LogP contribution in [-0.4, -0.2) is 46.2 Å². The van der Waals surface area contributed by atoms with E-state index in [2.05, 4.69) is 15.3 Å². The van der Waals surface area contributed by atoms with E-state index in [0.29, 0.717) is 31.0 Å². The molecule has 2 heterocycles. The van der Waals surface area contributed by atoms with Gasteiger partial charge in [-0.2, -0.15) is 0 Å². The van der Waals surface area contributed by atoms with Crippen LogP contribution in [-0.2, 0) is 10.2 Å². The van der Waals surface area contributed by atoms with Crippen LogP contribution in [0.3, 0.4) is 0 Å². The highest BCUT2D eigenvalue weighted by molar-refractivity contribution is 5.87. The monoisotopic (exact) mass is 358 g/mol. The summed E-state index contributed by atoms with van der Waals surface area (Å²) in [7, 11) is 0. The molecule has 2 N–H and O–H groups in total. The summed E-state index contributed by atoms with van der Waals surface area (Å²) >= 11 is 0. The number of hydrogen-bond donors (Lipinski definition) is 2. The molecule has 1 aliphatic rings. The third-order valence-corrected chi connectivity index (χ3v) is 4.88. The Hall–Kier alpha value is -2.54. The minimum Gasteiger partial charge on any atom is -0.386 e. The molecule has 0 spiro atoms. The largest absolute Gasteiger partial charge is 0.386 e. The topological polar surface area (TPSA) is 78.4 Å². The molecule has 1 aromatic carbocycles. The first-order chi connectivity index (χ1) is 12.3. The summed E-state index contributed by atoms with van der Waals surface area (Å²) in [5.41, 5.74) is -1.15. The molecule has 6 nitrogen and oxygen atoms in total. The molecule has 0 saturated carbocycles. The van der Waals surface area contributed by atoms with Gasteiger partial charge in [0.15, 0.2) is 0 Å². The fraction of sp³-hybridized carbons (Fsp3) is 0.421. The van der Waals surface area contributed by atoms with Crippen molar-refractivity contribution in [2.75, 3.05) is 24.5 Å². The molecular formula is C19H23FN4O2. The van der Waals surface area contributed by atoms with Crippen molar-refractivity contribution in [1.82, 2.24) is 15.3 Å². The highest BCUT2D eigenvalue weighted by Crippen LogP contribution is 2.26. The molecule has 1 saturated heterocycles. The van der Waals surface area contributed by atoms with Crippen LogP contribution in [0.1, 0.15) is 25.8 Å². The molecule has 1 amide bonds. The Balaban J connectivity index is 1.61.